The molecule has 1 atom stereocenters. The second-order valence-corrected chi connectivity index (χ2v) is 6.40. The van der Waals surface area contributed by atoms with Crippen LogP contribution in [0, 0.1) is 13.8 Å². The van der Waals surface area contributed by atoms with Crippen molar-refractivity contribution in [2.75, 3.05) is 11.9 Å². The minimum atomic E-state index is -0.242. The molecule has 0 aromatic heterocycles. The van der Waals surface area contributed by atoms with Crippen molar-refractivity contribution < 1.29 is 14.3 Å². The predicted molar refractivity (Wildman–Crippen MR) is 93.8 cm³/mol. The van der Waals surface area contributed by atoms with Crippen LogP contribution in [0.2, 0.25) is 0 Å². The fourth-order valence-electron chi connectivity index (χ4n) is 3.29. The summed E-state index contributed by atoms with van der Waals surface area (Å²) in [5, 5.41) is 2.80. The molecule has 1 aliphatic carbocycles. The average Bonchev–Trinajstić information content (AvgIpc) is 2.83. The Hall–Kier alpha value is -2.62. The Balaban J connectivity index is 1.72. The Bertz CT molecular complexity index is 811. The maximum atomic E-state index is 12.2. The van der Waals surface area contributed by atoms with E-state index in [1.807, 2.05) is 51.1 Å². The van der Waals surface area contributed by atoms with E-state index in [0.29, 0.717) is 17.7 Å². The third-order valence-corrected chi connectivity index (χ3v) is 4.35. The van der Waals surface area contributed by atoms with Crippen molar-refractivity contribution in [2.45, 2.75) is 33.1 Å². The molecule has 0 bridgehead atoms. The Kier molecular flexibility index (Phi) is 4.38. The molecule has 2 aromatic rings. The third-order valence-electron chi connectivity index (χ3n) is 4.35. The summed E-state index contributed by atoms with van der Waals surface area (Å²) in [7, 11) is 0. The Labute approximate surface area is 141 Å². The summed E-state index contributed by atoms with van der Waals surface area (Å²) < 4.78 is 5.65. The van der Waals surface area contributed by atoms with Gasteiger partial charge in [-0.1, -0.05) is 25.1 Å². The van der Waals surface area contributed by atoms with Crippen LogP contribution in [-0.4, -0.2) is 18.3 Å². The summed E-state index contributed by atoms with van der Waals surface area (Å²) in [5.41, 5.74) is 4.61. The largest absolute Gasteiger partial charge is 0.483 e. The number of hydrogen-bond donors (Lipinski definition) is 1. The molecule has 1 N–H and O–H groups in total. The lowest BCUT2D eigenvalue weighted by Gasteiger charge is -2.13. The first-order valence-electron chi connectivity index (χ1n) is 8.11. The second kappa shape index (κ2) is 6.48. The van der Waals surface area contributed by atoms with Crippen LogP contribution in [-0.2, 0) is 4.79 Å². The molecule has 1 aliphatic rings. The number of hydrogen-bond acceptors (Lipinski definition) is 3. The molecule has 0 fully saturated rings. The molecule has 0 unspecified atom stereocenters. The number of aryl methyl sites for hydroxylation is 2. The number of fused-ring (bicyclic) bond motifs is 1. The molecule has 0 saturated carbocycles. The van der Waals surface area contributed by atoms with Gasteiger partial charge >= 0.3 is 0 Å². The van der Waals surface area contributed by atoms with Crippen molar-refractivity contribution in [3.8, 4) is 5.75 Å². The number of amides is 1. The Morgan fingerprint density at radius 1 is 1.25 bits per heavy atom. The van der Waals surface area contributed by atoms with Gasteiger partial charge in [-0.05, 0) is 54.7 Å². The number of anilines is 1. The van der Waals surface area contributed by atoms with Crippen LogP contribution in [0.3, 0.4) is 0 Å². The summed E-state index contributed by atoms with van der Waals surface area (Å²) in [6.45, 7) is 5.90. The van der Waals surface area contributed by atoms with E-state index < -0.39 is 0 Å². The first-order valence-corrected chi connectivity index (χ1v) is 8.11. The molecule has 0 aliphatic heterocycles. The normalized spacial score (nSPS) is 16.0. The molecule has 0 saturated heterocycles. The number of rotatable bonds is 4. The summed E-state index contributed by atoms with van der Waals surface area (Å²) in [6, 6.07) is 11.3. The van der Waals surface area contributed by atoms with Crippen LogP contribution < -0.4 is 10.1 Å². The van der Waals surface area contributed by atoms with E-state index in [4.69, 9.17) is 4.74 Å². The molecule has 4 heteroatoms. The van der Waals surface area contributed by atoms with Crippen molar-refractivity contribution in [1.29, 1.82) is 0 Å². The molecule has 4 nitrogen and oxygen atoms in total. The lowest BCUT2D eigenvalue weighted by atomic mass is 9.97. The first kappa shape index (κ1) is 16.2. The molecular weight excluding hydrogens is 302 g/mol. The number of carbonyl (C=O) groups excluding carboxylic acids is 2. The van der Waals surface area contributed by atoms with Gasteiger partial charge in [-0.15, -0.1) is 0 Å². The average molecular weight is 323 g/mol. The van der Waals surface area contributed by atoms with E-state index in [-0.39, 0.29) is 24.2 Å². The molecule has 0 radical (unpaired) electrons. The standard InChI is InChI=1S/C20H21NO3/c1-12-5-4-6-15(9-12)21-18(23)11-24-17-8-7-13(2)19-14(3)10-16(22)20(17)19/h4-9,14H,10-11H2,1-3H3,(H,21,23)/t14-/m0/s1. The zero-order valence-corrected chi connectivity index (χ0v) is 14.2. The van der Waals surface area contributed by atoms with Gasteiger partial charge in [-0.2, -0.15) is 0 Å². The zero-order chi connectivity index (χ0) is 17.3. The molecule has 2 aromatic carbocycles. The number of ether oxygens (including phenoxy) is 1. The fraction of sp³-hybridized carbons (Fsp3) is 0.300. The molecule has 24 heavy (non-hydrogen) atoms. The van der Waals surface area contributed by atoms with Crippen molar-refractivity contribution in [1.82, 2.24) is 0 Å². The minimum absolute atomic E-state index is 0.0929. The van der Waals surface area contributed by atoms with Gasteiger partial charge in [0, 0.05) is 12.1 Å². The highest BCUT2D eigenvalue weighted by molar-refractivity contribution is 6.04. The smallest absolute Gasteiger partial charge is 0.262 e. The van der Waals surface area contributed by atoms with Crippen LogP contribution in [0.25, 0.3) is 0 Å². The van der Waals surface area contributed by atoms with E-state index in [9.17, 15) is 9.59 Å². The van der Waals surface area contributed by atoms with Gasteiger partial charge in [0.2, 0.25) is 0 Å². The maximum absolute atomic E-state index is 12.2. The molecule has 1 amide bonds. The molecule has 0 heterocycles. The monoisotopic (exact) mass is 323 g/mol. The van der Waals surface area contributed by atoms with Gasteiger partial charge in [0.1, 0.15) is 5.75 Å². The highest BCUT2D eigenvalue weighted by Crippen LogP contribution is 2.40. The van der Waals surface area contributed by atoms with Crippen molar-refractivity contribution in [3.63, 3.8) is 0 Å². The van der Waals surface area contributed by atoms with Crippen LogP contribution in [0.5, 0.6) is 5.75 Å². The van der Waals surface area contributed by atoms with Gasteiger partial charge in [-0.3, -0.25) is 9.59 Å². The number of carbonyl (C=O) groups is 2. The van der Waals surface area contributed by atoms with Crippen LogP contribution in [0.15, 0.2) is 36.4 Å². The summed E-state index contributed by atoms with van der Waals surface area (Å²) in [4.78, 5) is 24.3. The van der Waals surface area contributed by atoms with Gasteiger partial charge in [0.15, 0.2) is 12.4 Å². The highest BCUT2D eigenvalue weighted by atomic mass is 16.5. The Morgan fingerprint density at radius 3 is 2.79 bits per heavy atom. The number of benzene rings is 2. The lowest BCUT2D eigenvalue weighted by Crippen LogP contribution is -2.20. The van der Waals surface area contributed by atoms with Crippen LogP contribution in [0.1, 0.15) is 46.3 Å². The summed E-state index contributed by atoms with van der Waals surface area (Å²) >= 11 is 0. The summed E-state index contributed by atoms with van der Waals surface area (Å²) in [6.07, 6.45) is 0.506. The van der Waals surface area contributed by atoms with E-state index >= 15 is 0 Å². The predicted octanol–water partition coefficient (Wildman–Crippen LogP) is 4.01. The van der Waals surface area contributed by atoms with E-state index in [2.05, 4.69) is 5.32 Å². The van der Waals surface area contributed by atoms with E-state index in [1.165, 1.54) is 0 Å². The number of Topliss-reactive ketones (excluding diaryl/α,β-unsaturated/α-hetero) is 1. The molecule has 3 rings (SSSR count). The third kappa shape index (κ3) is 3.18. The summed E-state index contributed by atoms with van der Waals surface area (Å²) in [5.74, 6) is 0.560. The lowest BCUT2D eigenvalue weighted by molar-refractivity contribution is -0.118. The van der Waals surface area contributed by atoms with Crippen LogP contribution in [0.4, 0.5) is 5.69 Å². The molecule has 124 valence electrons. The van der Waals surface area contributed by atoms with Gasteiger partial charge in [0.05, 0.1) is 5.56 Å². The quantitative estimate of drug-likeness (QED) is 0.925. The molecule has 0 spiro atoms. The van der Waals surface area contributed by atoms with Crippen LogP contribution >= 0.6 is 0 Å². The SMILES string of the molecule is Cc1cccc(NC(=O)COc2ccc(C)c3c2C(=O)C[C@@H]3C)c1. The van der Waals surface area contributed by atoms with E-state index in [1.54, 1.807) is 6.07 Å². The number of ketones is 1. The van der Waals surface area contributed by atoms with Crippen molar-refractivity contribution >= 4 is 17.4 Å². The zero-order valence-electron chi connectivity index (χ0n) is 14.2. The topological polar surface area (TPSA) is 55.4 Å². The van der Waals surface area contributed by atoms with Gasteiger partial charge in [0.25, 0.3) is 5.91 Å². The van der Waals surface area contributed by atoms with E-state index in [0.717, 1.165) is 22.4 Å². The minimum Gasteiger partial charge on any atom is -0.483 e. The first-order chi connectivity index (χ1) is 11.5. The highest BCUT2D eigenvalue weighted by Gasteiger charge is 2.31. The van der Waals surface area contributed by atoms with Gasteiger partial charge < -0.3 is 10.1 Å². The Morgan fingerprint density at radius 2 is 2.04 bits per heavy atom. The number of nitrogens with one attached hydrogen (secondary N) is 1. The van der Waals surface area contributed by atoms with Crippen molar-refractivity contribution in [3.05, 3.63) is 58.7 Å². The molecular formula is C20H21NO3. The van der Waals surface area contributed by atoms with Gasteiger partial charge in [-0.25, -0.2) is 0 Å². The fourth-order valence-corrected chi connectivity index (χ4v) is 3.29. The maximum Gasteiger partial charge on any atom is 0.262 e. The second-order valence-electron chi connectivity index (χ2n) is 6.40. The van der Waals surface area contributed by atoms with Crippen molar-refractivity contribution in [2.24, 2.45) is 0 Å².